The average Bonchev–Trinajstić information content (AvgIpc) is 2.78. The van der Waals surface area contributed by atoms with E-state index >= 15 is 0 Å². The number of β-amino-alcohol motifs (C(OH)–C–C–N with tert-alkyl or cyclic N) is 1. The third-order valence-electron chi connectivity index (χ3n) is 5.30. The monoisotopic (exact) mass is 408 g/mol. The van der Waals surface area contributed by atoms with Crippen LogP contribution >= 0.6 is 0 Å². The fourth-order valence-corrected chi connectivity index (χ4v) is 3.75. The molecule has 0 bridgehead atoms. The molecule has 1 atom stereocenters. The molecule has 4 rings (SSSR count). The van der Waals surface area contributed by atoms with Crippen LogP contribution in [-0.4, -0.2) is 65.3 Å². The standard InChI is InChI=1S/C22H24N4O4/c27-19(16-30-20-6-3-5-18(12-20)26(28)29)15-24-8-10-25(11-9-24)22-14-23-13-17-4-1-2-7-21(17)22/h1-7,12-14,19,27H,8-11,15-16H2/t19-/m0/s1. The molecule has 0 spiro atoms. The minimum absolute atomic E-state index is 0.0268. The predicted octanol–water partition coefficient (Wildman–Crippen LogP) is 2.70. The van der Waals surface area contributed by atoms with Crippen molar-refractivity contribution in [2.45, 2.75) is 6.10 Å². The Labute approximate surface area is 174 Å². The number of piperazine rings is 1. The molecule has 1 aliphatic rings. The number of non-ortho nitro benzene ring substituents is 1. The Bertz CT molecular complexity index is 1020. The van der Waals surface area contributed by atoms with E-state index in [1.165, 1.54) is 17.5 Å². The number of nitro groups is 1. The number of aromatic nitrogens is 1. The molecule has 0 amide bonds. The van der Waals surface area contributed by atoms with E-state index in [2.05, 4.69) is 26.9 Å². The second kappa shape index (κ2) is 9.06. The highest BCUT2D eigenvalue weighted by Gasteiger charge is 2.21. The number of pyridine rings is 1. The zero-order valence-corrected chi connectivity index (χ0v) is 16.6. The molecule has 30 heavy (non-hydrogen) atoms. The Hall–Kier alpha value is -3.23. The average molecular weight is 408 g/mol. The molecule has 1 N–H and O–H groups in total. The smallest absolute Gasteiger partial charge is 0.273 e. The Kier molecular flexibility index (Phi) is 6.06. The molecule has 1 aromatic heterocycles. The highest BCUT2D eigenvalue weighted by Crippen LogP contribution is 2.26. The maximum atomic E-state index is 10.8. The van der Waals surface area contributed by atoms with Gasteiger partial charge >= 0.3 is 0 Å². The van der Waals surface area contributed by atoms with Crippen molar-refractivity contribution in [3.8, 4) is 5.75 Å². The van der Waals surface area contributed by atoms with Gasteiger partial charge in [-0.25, -0.2) is 0 Å². The number of fused-ring (bicyclic) bond motifs is 1. The van der Waals surface area contributed by atoms with E-state index in [0.717, 1.165) is 37.3 Å². The lowest BCUT2D eigenvalue weighted by molar-refractivity contribution is -0.384. The van der Waals surface area contributed by atoms with E-state index in [1.54, 1.807) is 12.1 Å². The fourth-order valence-electron chi connectivity index (χ4n) is 3.75. The fraction of sp³-hybridized carbons (Fsp3) is 0.318. The van der Waals surface area contributed by atoms with Crippen molar-refractivity contribution in [3.63, 3.8) is 0 Å². The van der Waals surface area contributed by atoms with Gasteiger partial charge in [0.2, 0.25) is 0 Å². The van der Waals surface area contributed by atoms with Crippen LogP contribution in [0.5, 0.6) is 5.75 Å². The van der Waals surface area contributed by atoms with Gasteiger partial charge in [0.15, 0.2) is 0 Å². The van der Waals surface area contributed by atoms with Crippen LogP contribution in [0.2, 0.25) is 0 Å². The van der Waals surface area contributed by atoms with E-state index in [-0.39, 0.29) is 12.3 Å². The number of rotatable bonds is 7. The molecular weight excluding hydrogens is 384 g/mol. The van der Waals surface area contributed by atoms with Gasteiger partial charge in [-0.15, -0.1) is 0 Å². The van der Waals surface area contributed by atoms with Crippen molar-refractivity contribution in [1.29, 1.82) is 0 Å². The number of anilines is 1. The maximum absolute atomic E-state index is 10.8. The number of benzene rings is 2. The summed E-state index contributed by atoms with van der Waals surface area (Å²) in [5.74, 6) is 0.386. The molecule has 8 nitrogen and oxygen atoms in total. The van der Waals surface area contributed by atoms with Gasteiger partial charge in [0.1, 0.15) is 18.5 Å². The summed E-state index contributed by atoms with van der Waals surface area (Å²) in [5, 5.41) is 23.5. The second-order valence-electron chi connectivity index (χ2n) is 7.39. The van der Waals surface area contributed by atoms with Crippen molar-refractivity contribution in [2.75, 3.05) is 44.2 Å². The van der Waals surface area contributed by atoms with Gasteiger partial charge in [0.25, 0.3) is 5.69 Å². The molecule has 156 valence electrons. The summed E-state index contributed by atoms with van der Waals surface area (Å²) in [6.45, 7) is 3.96. The normalized spacial score (nSPS) is 15.8. The second-order valence-corrected chi connectivity index (χ2v) is 7.39. The van der Waals surface area contributed by atoms with E-state index in [0.29, 0.717) is 12.3 Å². The van der Waals surface area contributed by atoms with Crippen LogP contribution in [0.25, 0.3) is 10.8 Å². The molecule has 2 heterocycles. The molecule has 0 saturated carbocycles. The molecule has 0 aliphatic carbocycles. The Morgan fingerprint density at radius 3 is 2.70 bits per heavy atom. The van der Waals surface area contributed by atoms with E-state index in [4.69, 9.17) is 4.74 Å². The Balaban J connectivity index is 1.28. The van der Waals surface area contributed by atoms with E-state index < -0.39 is 11.0 Å². The van der Waals surface area contributed by atoms with Crippen molar-refractivity contribution in [2.24, 2.45) is 0 Å². The van der Waals surface area contributed by atoms with Gasteiger partial charge < -0.3 is 14.7 Å². The summed E-state index contributed by atoms with van der Waals surface area (Å²) >= 11 is 0. The molecule has 8 heteroatoms. The number of nitrogens with zero attached hydrogens (tertiary/aromatic N) is 4. The lowest BCUT2D eigenvalue weighted by atomic mass is 10.1. The number of hydrogen-bond acceptors (Lipinski definition) is 7. The number of aliphatic hydroxyl groups excluding tert-OH is 1. The molecule has 0 unspecified atom stereocenters. The van der Waals surface area contributed by atoms with Crippen LogP contribution in [-0.2, 0) is 0 Å². The van der Waals surface area contributed by atoms with Crippen LogP contribution in [0.3, 0.4) is 0 Å². The first-order valence-corrected chi connectivity index (χ1v) is 9.95. The van der Waals surface area contributed by atoms with Gasteiger partial charge in [0.05, 0.1) is 22.9 Å². The number of hydrogen-bond donors (Lipinski definition) is 1. The topological polar surface area (TPSA) is 92.0 Å². The van der Waals surface area contributed by atoms with Crippen molar-refractivity contribution >= 4 is 22.1 Å². The predicted molar refractivity (Wildman–Crippen MR) is 115 cm³/mol. The first-order chi connectivity index (χ1) is 14.6. The minimum atomic E-state index is -0.671. The van der Waals surface area contributed by atoms with Gasteiger partial charge in [-0.3, -0.25) is 20.0 Å². The molecule has 3 aromatic rings. The van der Waals surface area contributed by atoms with E-state index in [9.17, 15) is 15.2 Å². The zero-order valence-electron chi connectivity index (χ0n) is 16.6. The summed E-state index contributed by atoms with van der Waals surface area (Å²) in [7, 11) is 0. The SMILES string of the molecule is O=[N+]([O-])c1cccc(OC[C@@H](O)CN2CCN(c3cncc4ccccc34)CC2)c1. The largest absolute Gasteiger partial charge is 0.491 e. The summed E-state index contributed by atoms with van der Waals surface area (Å²) in [6.07, 6.45) is 3.13. The van der Waals surface area contributed by atoms with Crippen LogP contribution < -0.4 is 9.64 Å². The van der Waals surface area contributed by atoms with Crippen LogP contribution in [0.4, 0.5) is 11.4 Å². The third-order valence-corrected chi connectivity index (χ3v) is 5.30. The van der Waals surface area contributed by atoms with Crippen molar-refractivity contribution in [3.05, 3.63) is 71.0 Å². The Morgan fingerprint density at radius 2 is 1.90 bits per heavy atom. The quantitative estimate of drug-likeness (QED) is 0.475. The molecule has 1 fully saturated rings. The molecule has 0 radical (unpaired) electrons. The van der Waals surface area contributed by atoms with Gasteiger partial charge in [-0.05, 0) is 6.07 Å². The number of nitro benzene ring substituents is 1. The van der Waals surface area contributed by atoms with Gasteiger partial charge in [-0.1, -0.05) is 30.3 Å². The van der Waals surface area contributed by atoms with Crippen LogP contribution in [0.1, 0.15) is 0 Å². The summed E-state index contributed by atoms with van der Waals surface area (Å²) in [4.78, 5) is 19.3. The van der Waals surface area contributed by atoms with Crippen molar-refractivity contribution in [1.82, 2.24) is 9.88 Å². The van der Waals surface area contributed by atoms with Gasteiger partial charge in [0, 0.05) is 55.8 Å². The minimum Gasteiger partial charge on any atom is -0.491 e. The van der Waals surface area contributed by atoms with Crippen LogP contribution in [0.15, 0.2) is 60.9 Å². The van der Waals surface area contributed by atoms with Gasteiger partial charge in [-0.2, -0.15) is 0 Å². The van der Waals surface area contributed by atoms with Crippen molar-refractivity contribution < 1.29 is 14.8 Å². The zero-order chi connectivity index (χ0) is 20.9. The number of ether oxygens (including phenoxy) is 1. The first kappa shape index (κ1) is 20.1. The Morgan fingerprint density at radius 1 is 1.10 bits per heavy atom. The highest BCUT2D eigenvalue weighted by molar-refractivity contribution is 5.93. The molecule has 1 aliphatic heterocycles. The summed E-state index contributed by atoms with van der Waals surface area (Å²) in [6, 6.07) is 14.2. The van der Waals surface area contributed by atoms with E-state index in [1.807, 2.05) is 24.5 Å². The maximum Gasteiger partial charge on any atom is 0.273 e. The number of aliphatic hydroxyl groups is 1. The van der Waals surface area contributed by atoms with Crippen LogP contribution in [0, 0.1) is 10.1 Å². The molecular formula is C22H24N4O4. The summed E-state index contributed by atoms with van der Waals surface area (Å²) < 4.78 is 5.54. The first-order valence-electron chi connectivity index (χ1n) is 9.95. The third kappa shape index (κ3) is 4.67. The lowest BCUT2D eigenvalue weighted by Crippen LogP contribution is -2.49. The molecule has 2 aromatic carbocycles. The summed E-state index contributed by atoms with van der Waals surface area (Å²) in [5.41, 5.74) is 1.11. The molecule has 1 saturated heterocycles. The highest BCUT2D eigenvalue weighted by atomic mass is 16.6. The lowest BCUT2D eigenvalue weighted by Gasteiger charge is -2.37.